The first-order valence-electron chi connectivity index (χ1n) is 9.50. The zero-order valence-electron chi connectivity index (χ0n) is 16.7. The quantitative estimate of drug-likeness (QED) is 0.477. The van der Waals surface area contributed by atoms with Gasteiger partial charge in [0.05, 0.1) is 19.5 Å². The van der Waals surface area contributed by atoms with E-state index in [1.807, 2.05) is 54.6 Å². The maximum Gasteiger partial charge on any atom is 0.332 e. The van der Waals surface area contributed by atoms with Gasteiger partial charge in [0, 0.05) is 19.1 Å². The number of nitrogens with zero attached hydrogens (tertiary/aromatic N) is 4. The molecule has 4 aromatic rings. The van der Waals surface area contributed by atoms with Crippen molar-refractivity contribution in [3.05, 3.63) is 97.9 Å². The molecule has 0 bridgehead atoms. The Hall–Kier alpha value is -3.16. The van der Waals surface area contributed by atoms with E-state index in [0.717, 1.165) is 11.1 Å². The van der Waals surface area contributed by atoms with Crippen molar-refractivity contribution in [3.63, 3.8) is 0 Å². The zero-order valence-corrected chi connectivity index (χ0v) is 17.4. The normalized spacial score (nSPS) is 12.4. The Morgan fingerprint density at radius 2 is 1.67 bits per heavy atom. The molecule has 2 aromatic heterocycles. The van der Waals surface area contributed by atoms with Crippen molar-refractivity contribution in [1.82, 2.24) is 18.7 Å². The number of aromatic nitrogens is 4. The predicted octanol–water partition coefficient (Wildman–Crippen LogP) is 2.89. The molecule has 2 aromatic carbocycles. The summed E-state index contributed by atoms with van der Waals surface area (Å²) in [6.07, 6.45) is 1.18. The van der Waals surface area contributed by atoms with Crippen molar-refractivity contribution >= 4 is 22.8 Å². The summed E-state index contributed by atoms with van der Waals surface area (Å²) in [4.78, 5) is 29.7. The van der Waals surface area contributed by atoms with Crippen LogP contribution in [0.1, 0.15) is 17.2 Å². The molecule has 0 saturated heterocycles. The lowest BCUT2D eigenvalue weighted by atomic mass is 10.0. The molecule has 0 spiro atoms. The third kappa shape index (κ3) is 3.69. The molecule has 0 radical (unpaired) electrons. The van der Waals surface area contributed by atoms with E-state index in [4.69, 9.17) is 16.3 Å². The highest BCUT2D eigenvalue weighted by atomic mass is 35.5. The molecule has 0 aliphatic rings. The number of hydrogen-bond donors (Lipinski definition) is 0. The molecule has 1 atom stereocenters. The van der Waals surface area contributed by atoms with Gasteiger partial charge in [0.15, 0.2) is 11.2 Å². The van der Waals surface area contributed by atoms with E-state index in [2.05, 4.69) is 4.98 Å². The Kier molecular flexibility index (Phi) is 5.57. The molecule has 8 heteroatoms. The van der Waals surface area contributed by atoms with Crippen LogP contribution in [0.5, 0.6) is 0 Å². The van der Waals surface area contributed by atoms with Gasteiger partial charge in [0.25, 0.3) is 5.56 Å². The first kappa shape index (κ1) is 20.1. The van der Waals surface area contributed by atoms with Crippen LogP contribution < -0.4 is 11.2 Å². The Bertz CT molecular complexity index is 1290. The van der Waals surface area contributed by atoms with E-state index in [9.17, 15) is 9.59 Å². The Morgan fingerprint density at radius 1 is 1.00 bits per heavy atom. The van der Waals surface area contributed by atoms with Crippen LogP contribution in [0.2, 0.25) is 5.02 Å². The molecule has 0 amide bonds. The zero-order chi connectivity index (χ0) is 21.3. The number of ether oxygens (including phenoxy) is 1. The minimum atomic E-state index is -0.419. The lowest BCUT2D eigenvalue weighted by Crippen LogP contribution is -2.40. The maximum atomic E-state index is 12.9. The van der Waals surface area contributed by atoms with Crippen LogP contribution in [0.25, 0.3) is 11.2 Å². The maximum absolute atomic E-state index is 12.9. The largest absolute Gasteiger partial charge is 0.367 e. The fraction of sp³-hybridized carbons (Fsp3) is 0.227. The molecular formula is C22H21ClN4O3. The summed E-state index contributed by atoms with van der Waals surface area (Å²) in [7, 11) is 3.34. The van der Waals surface area contributed by atoms with Crippen molar-refractivity contribution in [1.29, 1.82) is 0 Å². The lowest BCUT2D eigenvalue weighted by molar-refractivity contribution is 0.0725. The van der Waals surface area contributed by atoms with Gasteiger partial charge < -0.3 is 9.30 Å². The third-order valence-corrected chi connectivity index (χ3v) is 5.33. The highest BCUT2D eigenvalue weighted by Gasteiger charge is 2.17. The molecule has 0 aliphatic carbocycles. The minimum Gasteiger partial charge on any atom is -0.367 e. The smallest absolute Gasteiger partial charge is 0.332 e. The fourth-order valence-electron chi connectivity index (χ4n) is 3.51. The molecular weight excluding hydrogens is 404 g/mol. The number of halogens is 1. The first-order valence-corrected chi connectivity index (χ1v) is 9.88. The fourth-order valence-corrected chi connectivity index (χ4v) is 3.63. The molecule has 2 heterocycles. The molecule has 0 saturated carbocycles. The molecule has 4 rings (SSSR count). The second-order valence-corrected chi connectivity index (χ2v) is 7.48. The second-order valence-electron chi connectivity index (χ2n) is 7.04. The summed E-state index contributed by atoms with van der Waals surface area (Å²) in [6.45, 7) is 0.310. The first-order chi connectivity index (χ1) is 14.5. The summed E-state index contributed by atoms with van der Waals surface area (Å²) >= 11 is 6.02. The van der Waals surface area contributed by atoms with Crippen molar-refractivity contribution in [2.24, 2.45) is 14.1 Å². The van der Waals surface area contributed by atoms with Gasteiger partial charge in [-0.05, 0) is 23.3 Å². The Balaban J connectivity index is 1.63. The summed E-state index contributed by atoms with van der Waals surface area (Å²) in [5, 5.41) is 0.644. The molecule has 30 heavy (non-hydrogen) atoms. The predicted molar refractivity (Wildman–Crippen MR) is 116 cm³/mol. The highest BCUT2D eigenvalue weighted by Crippen LogP contribution is 2.27. The summed E-state index contributed by atoms with van der Waals surface area (Å²) in [5.41, 5.74) is 1.87. The topological polar surface area (TPSA) is 71.1 Å². The van der Waals surface area contributed by atoms with Gasteiger partial charge in [0.1, 0.15) is 6.10 Å². The lowest BCUT2D eigenvalue weighted by Gasteiger charge is -2.19. The van der Waals surface area contributed by atoms with E-state index >= 15 is 0 Å². The Morgan fingerprint density at radius 3 is 2.37 bits per heavy atom. The van der Waals surface area contributed by atoms with Crippen LogP contribution in [-0.4, -0.2) is 25.3 Å². The van der Waals surface area contributed by atoms with Crippen LogP contribution in [0, 0.1) is 0 Å². The standard InChI is InChI=1S/C22H21ClN4O3/c1-25-14-24-20-18(25)21(28)27(22(29)26(20)2)12-13-30-19(15-6-4-3-5-7-15)16-8-10-17(23)11-9-16/h3-11,14,19H,12-13H2,1-2H3. The van der Waals surface area contributed by atoms with Crippen LogP contribution in [0.3, 0.4) is 0 Å². The minimum absolute atomic E-state index is 0.129. The van der Waals surface area contributed by atoms with Crippen LogP contribution in [0.15, 0.2) is 70.5 Å². The summed E-state index contributed by atoms with van der Waals surface area (Å²) in [6, 6.07) is 17.2. The second kappa shape index (κ2) is 8.30. The molecule has 1 unspecified atom stereocenters. The van der Waals surface area contributed by atoms with Crippen molar-refractivity contribution in [2.45, 2.75) is 12.6 Å². The number of fused-ring (bicyclic) bond motifs is 1. The van der Waals surface area contributed by atoms with Gasteiger partial charge in [-0.3, -0.25) is 13.9 Å². The molecule has 0 fully saturated rings. The number of rotatable bonds is 6. The molecule has 0 N–H and O–H groups in total. The van der Waals surface area contributed by atoms with Gasteiger partial charge in [-0.25, -0.2) is 9.78 Å². The van der Waals surface area contributed by atoms with E-state index in [-0.39, 0.29) is 24.8 Å². The molecule has 0 aliphatic heterocycles. The van der Waals surface area contributed by atoms with Gasteiger partial charge in [-0.15, -0.1) is 0 Å². The number of aryl methyl sites for hydroxylation is 2. The SMILES string of the molecule is Cn1cnc2c1c(=O)n(CCOC(c1ccccc1)c1ccc(Cl)cc1)c(=O)n2C. The van der Waals surface area contributed by atoms with E-state index in [1.54, 1.807) is 18.7 Å². The number of hydrogen-bond acceptors (Lipinski definition) is 4. The number of imidazole rings is 1. The highest BCUT2D eigenvalue weighted by molar-refractivity contribution is 6.30. The van der Waals surface area contributed by atoms with Gasteiger partial charge in [-0.1, -0.05) is 54.1 Å². The monoisotopic (exact) mass is 424 g/mol. The average molecular weight is 425 g/mol. The summed E-state index contributed by atoms with van der Waals surface area (Å²) < 4.78 is 10.3. The van der Waals surface area contributed by atoms with Crippen molar-refractivity contribution in [3.8, 4) is 0 Å². The van der Waals surface area contributed by atoms with Gasteiger partial charge in [0.2, 0.25) is 0 Å². The van der Waals surface area contributed by atoms with Crippen LogP contribution >= 0.6 is 11.6 Å². The van der Waals surface area contributed by atoms with Crippen molar-refractivity contribution < 1.29 is 4.74 Å². The van der Waals surface area contributed by atoms with Crippen molar-refractivity contribution in [2.75, 3.05) is 6.61 Å². The van der Waals surface area contributed by atoms with Gasteiger partial charge >= 0.3 is 5.69 Å². The molecule has 7 nitrogen and oxygen atoms in total. The van der Waals surface area contributed by atoms with E-state index in [1.165, 1.54) is 15.5 Å². The Labute approximate surface area is 177 Å². The van der Waals surface area contributed by atoms with Gasteiger partial charge in [-0.2, -0.15) is 0 Å². The van der Waals surface area contributed by atoms with Crippen LogP contribution in [-0.2, 0) is 25.4 Å². The molecule has 154 valence electrons. The third-order valence-electron chi connectivity index (χ3n) is 5.08. The van der Waals surface area contributed by atoms with E-state index < -0.39 is 5.69 Å². The summed E-state index contributed by atoms with van der Waals surface area (Å²) in [5.74, 6) is 0. The van der Waals surface area contributed by atoms with Crippen LogP contribution in [0.4, 0.5) is 0 Å². The number of benzene rings is 2. The van der Waals surface area contributed by atoms with E-state index in [0.29, 0.717) is 16.2 Å². The average Bonchev–Trinajstić information content (AvgIpc) is 3.15.